The number of aromatic nitrogens is 1. The highest BCUT2D eigenvalue weighted by Crippen LogP contribution is 2.17. The zero-order valence-electron chi connectivity index (χ0n) is 10.9. The summed E-state index contributed by atoms with van der Waals surface area (Å²) in [6, 6.07) is 12.1. The fourth-order valence-corrected chi connectivity index (χ4v) is 2.07. The summed E-state index contributed by atoms with van der Waals surface area (Å²) in [6.07, 6.45) is 3.64. The van der Waals surface area contributed by atoms with Gasteiger partial charge in [-0.2, -0.15) is 0 Å². The van der Waals surface area contributed by atoms with Crippen LogP contribution >= 0.6 is 12.2 Å². The minimum absolute atomic E-state index is 0.434. The Morgan fingerprint density at radius 1 is 1.16 bits per heavy atom. The van der Waals surface area contributed by atoms with E-state index in [1.54, 1.807) is 0 Å². The van der Waals surface area contributed by atoms with Gasteiger partial charge in [0.15, 0.2) is 0 Å². The molecular weight excluding hydrogens is 254 g/mol. The second-order valence-corrected chi connectivity index (χ2v) is 4.72. The number of thiocarbonyl (C=S) groups is 1. The molecule has 0 atom stereocenters. The van der Waals surface area contributed by atoms with Crippen molar-refractivity contribution in [2.75, 3.05) is 11.4 Å². The number of anilines is 1. The maximum atomic E-state index is 5.61. The van der Waals surface area contributed by atoms with Gasteiger partial charge in [-0.3, -0.25) is 4.98 Å². The van der Waals surface area contributed by atoms with Crippen LogP contribution in [-0.4, -0.2) is 16.5 Å². The number of rotatable bonds is 5. The lowest BCUT2D eigenvalue weighted by atomic mass is 10.1. The Morgan fingerprint density at radius 2 is 1.79 bits per heavy atom. The first kappa shape index (κ1) is 13.5. The number of hydrogen-bond donors (Lipinski definition) is 1. The largest absolute Gasteiger partial charge is 0.389 e. The van der Waals surface area contributed by atoms with Gasteiger partial charge < -0.3 is 10.6 Å². The van der Waals surface area contributed by atoms with Crippen LogP contribution in [0.1, 0.15) is 18.1 Å². The van der Waals surface area contributed by atoms with Crippen molar-refractivity contribution in [3.05, 3.63) is 59.9 Å². The molecule has 1 aromatic carbocycles. The molecule has 1 heterocycles. The van der Waals surface area contributed by atoms with Gasteiger partial charge in [-0.15, -0.1) is 0 Å². The van der Waals surface area contributed by atoms with Crippen molar-refractivity contribution in [1.29, 1.82) is 0 Å². The van der Waals surface area contributed by atoms with Crippen molar-refractivity contribution in [3.63, 3.8) is 0 Å². The molecular formula is C15H17N3S. The Labute approximate surface area is 119 Å². The Balaban J connectivity index is 2.15. The topological polar surface area (TPSA) is 42.2 Å². The Bertz CT molecular complexity index is 537. The summed E-state index contributed by atoms with van der Waals surface area (Å²) in [5, 5.41) is 0. The van der Waals surface area contributed by atoms with Crippen molar-refractivity contribution in [3.8, 4) is 0 Å². The molecule has 0 aliphatic carbocycles. The Hall–Kier alpha value is -1.94. The van der Waals surface area contributed by atoms with Gasteiger partial charge >= 0.3 is 0 Å². The highest BCUT2D eigenvalue weighted by atomic mass is 32.1. The first-order valence-corrected chi connectivity index (χ1v) is 6.65. The highest BCUT2D eigenvalue weighted by Gasteiger charge is 2.05. The van der Waals surface area contributed by atoms with E-state index < -0.39 is 0 Å². The average molecular weight is 271 g/mol. The molecule has 0 bridgehead atoms. The molecule has 0 radical (unpaired) electrons. The summed E-state index contributed by atoms with van der Waals surface area (Å²) in [4.78, 5) is 6.76. The number of nitrogens with two attached hydrogens (primary N) is 1. The van der Waals surface area contributed by atoms with E-state index in [0.29, 0.717) is 4.99 Å². The standard InChI is InChI=1S/C15H17N3S/c1-2-18(11-12-7-9-17-10-8-12)14-5-3-13(4-6-14)15(16)19/h3-10H,2,11H2,1H3,(H2,16,19). The van der Waals surface area contributed by atoms with Crippen LogP contribution in [0.25, 0.3) is 0 Å². The molecule has 3 nitrogen and oxygen atoms in total. The Kier molecular flexibility index (Phi) is 4.47. The van der Waals surface area contributed by atoms with Gasteiger partial charge in [-0.25, -0.2) is 0 Å². The number of benzene rings is 1. The fraction of sp³-hybridized carbons (Fsp3) is 0.200. The molecule has 4 heteroatoms. The second-order valence-electron chi connectivity index (χ2n) is 4.28. The van der Waals surface area contributed by atoms with Crippen molar-refractivity contribution in [2.45, 2.75) is 13.5 Å². The third-order valence-electron chi connectivity index (χ3n) is 3.02. The summed E-state index contributed by atoms with van der Waals surface area (Å²) in [7, 11) is 0. The predicted octanol–water partition coefficient (Wildman–Crippen LogP) is 2.74. The quantitative estimate of drug-likeness (QED) is 0.849. The summed E-state index contributed by atoms with van der Waals surface area (Å²) in [6.45, 7) is 3.95. The molecule has 0 saturated heterocycles. The van der Waals surface area contributed by atoms with Crippen LogP contribution in [0.15, 0.2) is 48.8 Å². The van der Waals surface area contributed by atoms with Crippen LogP contribution in [0.5, 0.6) is 0 Å². The van der Waals surface area contributed by atoms with E-state index in [1.807, 2.05) is 36.7 Å². The second kappa shape index (κ2) is 6.29. The van der Waals surface area contributed by atoms with E-state index in [4.69, 9.17) is 18.0 Å². The SMILES string of the molecule is CCN(Cc1ccncc1)c1ccc(C(N)=S)cc1. The molecule has 19 heavy (non-hydrogen) atoms. The first-order chi connectivity index (χ1) is 9.20. The van der Waals surface area contributed by atoms with Crippen LogP contribution in [0, 0.1) is 0 Å². The lowest BCUT2D eigenvalue weighted by Gasteiger charge is -2.23. The van der Waals surface area contributed by atoms with Gasteiger partial charge in [0.05, 0.1) is 0 Å². The minimum Gasteiger partial charge on any atom is -0.389 e. The summed E-state index contributed by atoms with van der Waals surface area (Å²) in [5.41, 5.74) is 8.92. The van der Waals surface area contributed by atoms with Crippen LogP contribution in [0.3, 0.4) is 0 Å². The van der Waals surface area contributed by atoms with Crippen molar-refractivity contribution < 1.29 is 0 Å². The molecule has 2 aromatic rings. The van der Waals surface area contributed by atoms with Gasteiger partial charge in [-0.1, -0.05) is 12.2 Å². The summed E-state index contributed by atoms with van der Waals surface area (Å²) >= 11 is 4.96. The predicted molar refractivity (Wildman–Crippen MR) is 83.3 cm³/mol. The van der Waals surface area contributed by atoms with Gasteiger partial charge in [0.2, 0.25) is 0 Å². The molecule has 2 rings (SSSR count). The van der Waals surface area contributed by atoms with Gasteiger partial charge in [0.1, 0.15) is 4.99 Å². The molecule has 0 unspecified atom stereocenters. The monoisotopic (exact) mass is 271 g/mol. The van der Waals surface area contributed by atoms with E-state index in [2.05, 4.69) is 28.9 Å². The lowest BCUT2D eigenvalue weighted by Crippen LogP contribution is -2.22. The fourth-order valence-electron chi connectivity index (χ4n) is 1.93. The van der Waals surface area contributed by atoms with Crippen molar-refractivity contribution in [1.82, 2.24) is 4.98 Å². The van der Waals surface area contributed by atoms with Crippen molar-refractivity contribution in [2.24, 2.45) is 5.73 Å². The van der Waals surface area contributed by atoms with Crippen LogP contribution < -0.4 is 10.6 Å². The maximum Gasteiger partial charge on any atom is 0.103 e. The van der Waals surface area contributed by atoms with E-state index in [-0.39, 0.29) is 0 Å². The normalized spacial score (nSPS) is 10.2. The summed E-state index contributed by atoms with van der Waals surface area (Å²) < 4.78 is 0. The molecule has 0 aliphatic heterocycles. The van der Waals surface area contributed by atoms with Gasteiger partial charge in [0, 0.05) is 36.7 Å². The van der Waals surface area contributed by atoms with Crippen molar-refractivity contribution >= 4 is 22.9 Å². The third-order valence-corrected chi connectivity index (χ3v) is 3.26. The van der Waals surface area contributed by atoms with Crippen LogP contribution in [0.2, 0.25) is 0 Å². The maximum absolute atomic E-state index is 5.61. The zero-order valence-corrected chi connectivity index (χ0v) is 11.7. The molecule has 0 saturated carbocycles. The van der Waals surface area contributed by atoms with E-state index >= 15 is 0 Å². The Morgan fingerprint density at radius 3 is 2.32 bits per heavy atom. The average Bonchev–Trinajstić information content (AvgIpc) is 2.46. The molecule has 0 aliphatic rings. The lowest BCUT2D eigenvalue weighted by molar-refractivity contribution is 0.830. The smallest absolute Gasteiger partial charge is 0.103 e. The van der Waals surface area contributed by atoms with Crippen LogP contribution in [0.4, 0.5) is 5.69 Å². The molecule has 0 amide bonds. The first-order valence-electron chi connectivity index (χ1n) is 6.24. The van der Waals surface area contributed by atoms with E-state index in [1.165, 1.54) is 11.3 Å². The third kappa shape index (κ3) is 3.51. The minimum atomic E-state index is 0.434. The molecule has 0 spiro atoms. The van der Waals surface area contributed by atoms with E-state index in [0.717, 1.165) is 18.7 Å². The molecule has 98 valence electrons. The van der Waals surface area contributed by atoms with Crippen LogP contribution in [-0.2, 0) is 6.54 Å². The van der Waals surface area contributed by atoms with E-state index in [9.17, 15) is 0 Å². The number of hydrogen-bond acceptors (Lipinski definition) is 3. The van der Waals surface area contributed by atoms with Gasteiger partial charge in [-0.05, 0) is 48.9 Å². The molecule has 1 aromatic heterocycles. The number of nitrogens with zero attached hydrogens (tertiary/aromatic N) is 2. The summed E-state index contributed by atoms with van der Waals surface area (Å²) in [5.74, 6) is 0. The molecule has 2 N–H and O–H groups in total. The molecule has 0 fully saturated rings. The number of pyridine rings is 1. The highest BCUT2D eigenvalue weighted by molar-refractivity contribution is 7.80. The zero-order chi connectivity index (χ0) is 13.7. The van der Waals surface area contributed by atoms with Gasteiger partial charge in [0.25, 0.3) is 0 Å².